The average Bonchev–Trinajstić information content (AvgIpc) is 2.56. The highest BCUT2D eigenvalue weighted by Crippen LogP contribution is 2.24. The molecular weight excluding hydrogens is 278 g/mol. The summed E-state index contributed by atoms with van der Waals surface area (Å²) < 4.78 is 0. The van der Waals surface area contributed by atoms with Crippen LogP contribution in [0.25, 0.3) is 0 Å². The van der Waals surface area contributed by atoms with Crippen LogP contribution in [0.1, 0.15) is 24.9 Å². The van der Waals surface area contributed by atoms with Crippen LogP contribution >= 0.6 is 11.8 Å². The SMILES string of the molecule is CCC(c1ccccc1)N(C=O)CCSc1ccccc1. The normalized spacial score (nSPS) is 11.9. The van der Waals surface area contributed by atoms with E-state index in [0.29, 0.717) is 0 Å². The largest absolute Gasteiger partial charge is 0.337 e. The van der Waals surface area contributed by atoms with E-state index in [1.165, 1.54) is 10.5 Å². The molecule has 1 unspecified atom stereocenters. The fourth-order valence-electron chi connectivity index (χ4n) is 2.40. The summed E-state index contributed by atoms with van der Waals surface area (Å²) in [5.74, 6) is 0.909. The molecule has 0 heterocycles. The number of amides is 1. The second kappa shape index (κ2) is 8.53. The van der Waals surface area contributed by atoms with Gasteiger partial charge in [0.2, 0.25) is 6.41 Å². The third-order valence-corrected chi connectivity index (χ3v) is 4.46. The third-order valence-electron chi connectivity index (χ3n) is 3.47. The number of carbonyl (C=O) groups excluding carboxylic acids is 1. The monoisotopic (exact) mass is 299 g/mol. The molecule has 2 aromatic rings. The van der Waals surface area contributed by atoms with Gasteiger partial charge < -0.3 is 4.90 Å². The van der Waals surface area contributed by atoms with Gasteiger partial charge >= 0.3 is 0 Å². The summed E-state index contributed by atoms with van der Waals surface area (Å²) in [6.45, 7) is 2.88. The van der Waals surface area contributed by atoms with E-state index in [2.05, 4.69) is 31.2 Å². The van der Waals surface area contributed by atoms with E-state index in [1.807, 2.05) is 41.3 Å². The molecule has 2 nitrogen and oxygen atoms in total. The first-order valence-electron chi connectivity index (χ1n) is 7.29. The molecular formula is C18H21NOS. The molecule has 0 aliphatic carbocycles. The molecule has 0 N–H and O–H groups in total. The highest BCUT2D eigenvalue weighted by atomic mass is 32.2. The molecule has 2 rings (SSSR count). The van der Waals surface area contributed by atoms with Gasteiger partial charge in [0.15, 0.2) is 0 Å². The number of carbonyl (C=O) groups is 1. The number of benzene rings is 2. The lowest BCUT2D eigenvalue weighted by atomic mass is 10.0. The molecule has 2 aromatic carbocycles. The van der Waals surface area contributed by atoms with Crippen LogP contribution in [-0.4, -0.2) is 23.6 Å². The van der Waals surface area contributed by atoms with Crippen LogP contribution in [0.5, 0.6) is 0 Å². The summed E-state index contributed by atoms with van der Waals surface area (Å²) in [5, 5.41) is 0. The second-order valence-corrected chi connectivity index (χ2v) is 6.01. The summed E-state index contributed by atoms with van der Waals surface area (Å²) in [5.41, 5.74) is 1.21. The first kappa shape index (κ1) is 15.6. The molecule has 0 saturated carbocycles. The van der Waals surface area contributed by atoms with Gasteiger partial charge in [0.05, 0.1) is 6.04 Å². The predicted molar refractivity (Wildman–Crippen MR) is 89.4 cm³/mol. The maximum absolute atomic E-state index is 11.4. The Hall–Kier alpha value is -1.74. The van der Waals surface area contributed by atoms with E-state index in [4.69, 9.17) is 0 Å². The summed E-state index contributed by atoms with van der Waals surface area (Å²) >= 11 is 1.79. The number of thioether (sulfide) groups is 1. The molecule has 0 aromatic heterocycles. The quantitative estimate of drug-likeness (QED) is 0.532. The van der Waals surface area contributed by atoms with Crippen LogP contribution in [0, 0.1) is 0 Å². The van der Waals surface area contributed by atoms with E-state index in [0.717, 1.165) is 25.1 Å². The van der Waals surface area contributed by atoms with Crippen molar-refractivity contribution in [2.24, 2.45) is 0 Å². The zero-order chi connectivity index (χ0) is 14.9. The minimum absolute atomic E-state index is 0.167. The van der Waals surface area contributed by atoms with E-state index < -0.39 is 0 Å². The number of hydrogen-bond donors (Lipinski definition) is 0. The Balaban J connectivity index is 1.94. The van der Waals surface area contributed by atoms with Crippen molar-refractivity contribution < 1.29 is 4.79 Å². The van der Waals surface area contributed by atoms with Gasteiger partial charge in [-0.25, -0.2) is 0 Å². The molecule has 0 spiro atoms. The fraction of sp³-hybridized carbons (Fsp3) is 0.278. The zero-order valence-electron chi connectivity index (χ0n) is 12.3. The molecule has 0 fully saturated rings. The molecule has 21 heavy (non-hydrogen) atoms. The topological polar surface area (TPSA) is 20.3 Å². The smallest absolute Gasteiger partial charge is 0.210 e. The van der Waals surface area contributed by atoms with Crippen LogP contribution in [-0.2, 0) is 4.79 Å². The molecule has 0 radical (unpaired) electrons. The van der Waals surface area contributed by atoms with Crippen molar-refractivity contribution >= 4 is 18.2 Å². The van der Waals surface area contributed by atoms with Gasteiger partial charge in [-0.2, -0.15) is 0 Å². The maximum Gasteiger partial charge on any atom is 0.210 e. The van der Waals surface area contributed by atoms with Crippen molar-refractivity contribution in [3.8, 4) is 0 Å². The van der Waals surface area contributed by atoms with E-state index in [-0.39, 0.29) is 6.04 Å². The Labute approximate surface area is 131 Å². The van der Waals surface area contributed by atoms with Gasteiger partial charge in [-0.15, -0.1) is 11.8 Å². The molecule has 0 bridgehead atoms. The molecule has 1 atom stereocenters. The summed E-state index contributed by atoms with van der Waals surface area (Å²) in [6.07, 6.45) is 1.91. The van der Waals surface area contributed by atoms with Crippen LogP contribution in [0.4, 0.5) is 0 Å². The Kier molecular flexibility index (Phi) is 6.35. The highest BCUT2D eigenvalue weighted by Gasteiger charge is 2.16. The Morgan fingerprint density at radius 3 is 2.24 bits per heavy atom. The number of hydrogen-bond acceptors (Lipinski definition) is 2. The van der Waals surface area contributed by atoms with E-state index in [1.54, 1.807) is 11.8 Å². The summed E-state index contributed by atoms with van der Waals surface area (Å²) in [6, 6.07) is 20.7. The molecule has 0 aliphatic rings. The van der Waals surface area contributed by atoms with Gasteiger partial charge in [0, 0.05) is 17.2 Å². The average molecular weight is 299 g/mol. The fourth-order valence-corrected chi connectivity index (χ4v) is 3.29. The van der Waals surface area contributed by atoms with Gasteiger partial charge in [0.25, 0.3) is 0 Å². The van der Waals surface area contributed by atoms with Crippen molar-refractivity contribution in [1.29, 1.82) is 0 Å². The standard InChI is InChI=1S/C18H21NOS/c1-2-18(16-9-5-3-6-10-16)19(15-20)13-14-21-17-11-7-4-8-12-17/h3-12,15,18H,2,13-14H2,1H3. The molecule has 1 amide bonds. The number of nitrogens with zero attached hydrogens (tertiary/aromatic N) is 1. The predicted octanol–water partition coefficient (Wildman–Crippen LogP) is 4.39. The van der Waals surface area contributed by atoms with Crippen LogP contribution < -0.4 is 0 Å². The van der Waals surface area contributed by atoms with Crippen LogP contribution in [0.2, 0.25) is 0 Å². The van der Waals surface area contributed by atoms with Crippen LogP contribution in [0.3, 0.4) is 0 Å². The van der Waals surface area contributed by atoms with Crippen molar-refractivity contribution in [2.45, 2.75) is 24.3 Å². The molecule has 110 valence electrons. The van der Waals surface area contributed by atoms with Crippen molar-refractivity contribution in [3.63, 3.8) is 0 Å². The lowest BCUT2D eigenvalue weighted by Gasteiger charge is -2.27. The van der Waals surface area contributed by atoms with Gasteiger partial charge in [0.1, 0.15) is 0 Å². The van der Waals surface area contributed by atoms with Crippen molar-refractivity contribution in [1.82, 2.24) is 4.90 Å². The van der Waals surface area contributed by atoms with Crippen molar-refractivity contribution in [2.75, 3.05) is 12.3 Å². The summed E-state index contributed by atoms with van der Waals surface area (Å²) in [4.78, 5) is 14.6. The minimum atomic E-state index is 0.167. The highest BCUT2D eigenvalue weighted by molar-refractivity contribution is 7.99. The second-order valence-electron chi connectivity index (χ2n) is 4.84. The third kappa shape index (κ3) is 4.64. The van der Waals surface area contributed by atoms with Gasteiger partial charge in [-0.05, 0) is 24.1 Å². The Morgan fingerprint density at radius 1 is 1.05 bits per heavy atom. The molecule has 0 aliphatic heterocycles. The lowest BCUT2D eigenvalue weighted by Crippen LogP contribution is -2.29. The Bertz CT molecular complexity index is 529. The summed E-state index contributed by atoms with van der Waals surface area (Å²) in [7, 11) is 0. The first-order valence-corrected chi connectivity index (χ1v) is 8.27. The first-order chi connectivity index (χ1) is 10.3. The van der Waals surface area contributed by atoms with Gasteiger partial charge in [-0.1, -0.05) is 55.5 Å². The van der Waals surface area contributed by atoms with E-state index >= 15 is 0 Å². The van der Waals surface area contributed by atoms with Gasteiger partial charge in [-0.3, -0.25) is 4.79 Å². The maximum atomic E-state index is 11.4. The zero-order valence-corrected chi connectivity index (χ0v) is 13.1. The molecule has 3 heteroatoms. The van der Waals surface area contributed by atoms with Crippen LogP contribution in [0.15, 0.2) is 65.6 Å². The lowest BCUT2D eigenvalue weighted by molar-refractivity contribution is -0.120. The number of rotatable bonds is 8. The minimum Gasteiger partial charge on any atom is -0.337 e. The Morgan fingerprint density at radius 2 is 1.67 bits per heavy atom. The molecule has 0 saturated heterocycles. The van der Waals surface area contributed by atoms with E-state index in [9.17, 15) is 4.79 Å². The van der Waals surface area contributed by atoms with Crippen molar-refractivity contribution in [3.05, 3.63) is 66.2 Å².